The summed E-state index contributed by atoms with van der Waals surface area (Å²) in [7, 11) is 0. The fourth-order valence-corrected chi connectivity index (χ4v) is 3.51. The van der Waals surface area contributed by atoms with Gasteiger partial charge in [-0.15, -0.1) is 0 Å². The molecule has 2 heterocycles. The zero-order valence-electron chi connectivity index (χ0n) is 17.3. The van der Waals surface area contributed by atoms with Crippen LogP contribution in [-0.4, -0.2) is 35.6 Å². The fourth-order valence-electron chi connectivity index (χ4n) is 3.51. The number of nitrogens with two attached hydrogens (primary N) is 1. The second kappa shape index (κ2) is 8.06. The quantitative estimate of drug-likeness (QED) is 0.800. The second-order valence-electron chi connectivity index (χ2n) is 8.57. The molecule has 29 heavy (non-hydrogen) atoms. The Morgan fingerprint density at radius 2 is 1.86 bits per heavy atom. The normalized spacial score (nSPS) is 20.2. The third-order valence-electron chi connectivity index (χ3n) is 5.52. The molecule has 5 nitrogen and oxygen atoms in total. The number of carbonyl (C=O) groups excluding carboxylic acids is 1. The Morgan fingerprint density at radius 1 is 1.21 bits per heavy atom. The Morgan fingerprint density at radius 3 is 2.41 bits per heavy atom. The van der Waals surface area contributed by atoms with Crippen molar-refractivity contribution >= 4 is 11.6 Å². The van der Waals surface area contributed by atoms with Crippen molar-refractivity contribution in [2.45, 2.75) is 45.7 Å². The van der Waals surface area contributed by atoms with Crippen LogP contribution in [0.25, 0.3) is 11.1 Å². The maximum atomic E-state index is 13.9. The van der Waals surface area contributed by atoms with E-state index in [0.29, 0.717) is 35.5 Å². The molecule has 0 radical (unpaired) electrons. The van der Waals surface area contributed by atoms with Crippen LogP contribution in [-0.2, 0) is 0 Å². The minimum atomic E-state index is -0.681. The molecule has 0 aliphatic carbocycles. The maximum Gasteiger partial charge on any atom is 0.255 e. The standard InChI is InChI=1S/C22H28F2N4O/c1-13(2)14(3)27-21(29)19-11-26-10-18(15-7-16(23)9-17(24)8-15)20(19)28-6-5-22(4,25)12-28/h7-11,13-14H,5-6,12,25H2,1-4H3,(H,27,29)/t14?,22-/m0/s1. The molecule has 3 rings (SSSR count). The lowest BCUT2D eigenvalue weighted by Gasteiger charge is -2.27. The zero-order valence-corrected chi connectivity index (χ0v) is 17.3. The van der Waals surface area contributed by atoms with Crippen LogP contribution in [0, 0.1) is 17.6 Å². The van der Waals surface area contributed by atoms with E-state index in [-0.39, 0.29) is 17.9 Å². The van der Waals surface area contributed by atoms with Crippen molar-refractivity contribution in [3.8, 4) is 11.1 Å². The van der Waals surface area contributed by atoms with Crippen molar-refractivity contribution in [1.82, 2.24) is 10.3 Å². The monoisotopic (exact) mass is 402 g/mol. The number of aromatic nitrogens is 1. The third-order valence-corrected chi connectivity index (χ3v) is 5.52. The van der Waals surface area contributed by atoms with E-state index >= 15 is 0 Å². The van der Waals surface area contributed by atoms with Gasteiger partial charge in [0.15, 0.2) is 0 Å². The van der Waals surface area contributed by atoms with Gasteiger partial charge in [0, 0.05) is 48.7 Å². The SMILES string of the molecule is CC(C)C(C)NC(=O)c1cncc(-c2cc(F)cc(F)c2)c1N1CC[C@](C)(N)C1. The van der Waals surface area contributed by atoms with Gasteiger partial charge in [0.05, 0.1) is 11.3 Å². The molecule has 1 fully saturated rings. The average Bonchev–Trinajstić information content (AvgIpc) is 2.99. The lowest BCUT2D eigenvalue weighted by molar-refractivity contribution is 0.0930. The van der Waals surface area contributed by atoms with E-state index < -0.39 is 17.2 Å². The van der Waals surface area contributed by atoms with E-state index in [2.05, 4.69) is 10.3 Å². The summed E-state index contributed by atoms with van der Waals surface area (Å²) in [5, 5.41) is 3.00. The van der Waals surface area contributed by atoms with Gasteiger partial charge in [-0.05, 0) is 43.9 Å². The number of carbonyl (C=O) groups is 1. The predicted octanol–water partition coefficient (Wildman–Crippen LogP) is 3.73. The Kier molecular flexibility index (Phi) is 5.89. The first-order chi connectivity index (χ1) is 13.6. The lowest BCUT2D eigenvalue weighted by Crippen LogP contribution is -2.40. The number of hydrogen-bond donors (Lipinski definition) is 2. The summed E-state index contributed by atoms with van der Waals surface area (Å²) in [6.45, 7) is 9.11. The van der Waals surface area contributed by atoms with E-state index in [4.69, 9.17) is 5.73 Å². The van der Waals surface area contributed by atoms with Crippen molar-refractivity contribution < 1.29 is 13.6 Å². The summed E-state index contributed by atoms with van der Waals surface area (Å²) in [6.07, 6.45) is 3.79. The second-order valence-corrected chi connectivity index (χ2v) is 8.57. The number of nitrogens with zero attached hydrogens (tertiary/aromatic N) is 2. The highest BCUT2D eigenvalue weighted by molar-refractivity contribution is 6.03. The van der Waals surface area contributed by atoms with E-state index in [9.17, 15) is 13.6 Å². The molecule has 7 heteroatoms. The molecule has 1 aromatic carbocycles. The topological polar surface area (TPSA) is 71.2 Å². The van der Waals surface area contributed by atoms with Gasteiger partial charge >= 0.3 is 0 Å². The summed E-state index contributed by atoms with van der Waals surface area (Å²) >= 11 is 0. The van der Waals surface area contributed by atoms with Crippen LogP contribution in [0.15, 0.2) is 30.6 Å². The molecule has 3 N–H and O–H groups in total. The van der Waals surface area contributed by atoms with Crippen LogP contribution < -0.4 is 16.0 Å². The van der Waals surface area contributed by atoms with Crippen molar-refractivity contribution in [2.75, 3.05) is 18.0 Å². The molecule has 0 saturated carbocycles. The minimum Gasteiger partial charge on any atom is -0.368 e. The molecule has 1 aliphatic heterocycles. The van der Waals surface area contributed by atoms with E-state index in [1.807, 2.05) is 32.6 Å². The first kappa shape index (κ1) is 21.2. The number of anilines is 1. The van der Waals surface area contributed by atoms with Crippen molar-refractivity contribution in [3.63, 3.8) is 0 Å². The number of rotatable bonds is 5. The number of amides is 1. The van der Waals surface area contributed by atoms with E-state index in [1.165, 1.54) is 18.3 Å². The number of pyridine rings is 1. The highest BCUT2D eigenvalue weighted by atomic mass is 19.1. The maximum absolute atomic E-state index is 13.9. The molecule has 2 aromatic rings. The highest BCUT2D eigenvalue weighted by Crippen LogP contribution is 2.37. The molecule has 1 saturated heterocycles. The molecule has 1 aliphatic rings. The summed E-state index contributed by atoms with van der Waals surface area (Å²) in [4.78, 5) is 19.3. The lowest BCUT2D eigenvalue weighted by atomic mass is 10.00. The largest absolute Gasteiger partial charge is 0.368 e. The smallest absolute Gasteiger partial charge is 0.255 e. The third kappa shape index (κ3) is 4.72. The van der Waals surface area contributed by atoms with Gasteiger partial charge in [0.2, 0.25) is 0 Å². The minimum absolute atomic E-state index is 0.0380. The van der Waals surface area contributed by atoms with Crippen LogP contribution in [0.2, 0.25) is 0 Å². The van der Waals surface area contributed by atoms with Crippen LogP contribution >= 0.6 is 0 Å². The summed E-state index contributed by atoms with van der Waals surface area (Å²) < 4.78 is 27.8. The number of halogens is 2. The van der Waals surface area contributed by atoms with Gasteiger partial charge in [-0.3, -0.25) is 9.78 Å². The van der Waals surface area contributed by atoms with Crippen molar-refractivity contribution in [1.29, 1.82) is 0 Å². The van der Waals surface area contributed by atoms with Crippen LogP contribution in [0.1, 0.15) is 44.5 Å². The zero-order chi connectivity index (χ0) is 21.3. The van der Waals surface area contributed by atoms with Crippen molar-refractivity contribution in [3.05, 3.63) is 47.8 Å². The predicted molar refractivity (Wildman–Crippen MR) is 111 cm³/mol. The van der Waals surface area contributed by atoms with Crippen LogP contribution in [0.4, 0.5) is 14.5 Å². The van der Waals surface area contributed by atoms with Gasteiger partial charge in [-0.1, -0.05) is 13.8 Å². The number of nitrogens with one attached hydrogen (secondary N) is 1. The Hall–Kier alpha value is -2.54. The number of hydrogen-bond acceptors (Lipinski definition) is 4. The molecule has 1 amide bonds. The Balaban J connectivity index is 2.12. The molecule has 1 aromatic heterocycles. The van der Waals surface area contributed by atoms with Gasteiger partial charge in [0.25, 0.3) is 5.91 Å². The van der Waals surface area contributed by atoms with Gasteiger partial charge in [-0.25, -0.2) is 8.78 Å². The van der Waals surface area contributed by atoms with Gasteiger partial charge < -0.3 is 16.0 Å². The summed E-state index contributed by atoms with van der Waals surface area (Å²) in [5.74, 6) is -1.37. The van der Waals surface area contributed by atoms with Crippen molar-refractivity contribution in [2.24, 2.45) is 11.7 Å². The molecule has 2 atom stereocenters. The molecule has 0 bridgehead atoms. The van der Waals surface area contributed by atoms with E-state index in [0.717, 1.165) is 12.5 Å². The molecular weight excluding hydrogens is 374 g/mol. The summed E-state index contributed by atoms with van der Waals surface area (Å²) in [5.41, 5.74) is 7.72. The number of benzene rings is 1. The van der Waals surface area contributed by atoms with E-state index in [1.54, 1.807) is 6.20 Å². The molecule has 0 spiro atoms. The first-order valence-electron chi connectivity index (χ1n) is 9.86. The van der Waals surface area contributed by atoms with Gasteiger partial charge in [0.1, 0.15) is 11.6 Å². The van der Waals surface area contributed by atoms with Crippen LogP contribution in [0.3, 0.4) is 0 Å². The summed E-state index contributed by atoms with van der Waals surface area (Å²) in [6, 6.07) is 3.29. The Labute approximate surface area is 170 Å². The first-order valence-corrected chi connectivity index (χ1v) is 9.86. The molecule has 1 unspecified atom stereocenters. The van der Waals surface area contributed by atoms with Gasteiger partial charge in [-0.2, -0.15) is 0 Å². The Bertz CT molecular complexity index is 893. The van der Waals surface area contributed by atoms with Crippen LogP contribution in [0.5, 0.6) is 0 Å². The molecule has 156 valence electrons. The fraction of sp³-hybridized carbons (Fsp3) is 0.455. The average molecular weight is 402 g/mol. The molecular formula is C22H28F2N4O. The highest BCUT2D eigenvalue weighted by Gasteiger charge is 2.33.